The Morgan fingerprint density at radius 1 is 1.08 bits per heavy atom. The highest BCUT2D eigenvalue weighted by atomic mass is 16.3. The van der Waals surface area contributed by atoms with E-state index in [4.69, 9.17) is 0 Å². The Morgan fingerprint density at radius 3 is 2.23 bits per heavy atom. The van der Waals surface area contributed by atoms with Gasteiger partial charge in [-0.1, -0.05) is 51.9 Å². The first-order chi connectivity index (χ1) is 6.33. The van der Waals surface area contributed by atoms with Crippen molar-refractivity contribution in [3.8, 4) is 0 Å². The van der Waals surface area contributed by atoms with Crippen molar-refractivity contribution in [1.82, 2.24) is 0 Å². The lowest BCUT2D eigenvalue weighted by molar-refractivity contribution is 0.132. The first kappa shape index (κ1) is 11.0. The second-order valence-corrected chi connectivity index (χ2v) is 4.52. The Bertz CT molecular complexity index is 112. The average Bonchev–Trinajstić information content (AvgIpc) is 2.09. The minimum absolute atomic E-state index is 0.00660. The lowest BCUT2D eigenvalue weighted by Gasteiger charge is -2.21. The van der Waals surface area contributed by atoms with Crippen LogP contribution in [0.1, 0.15) is 64.7 Å². The molecule has 0 saturated heterocycles. The fourth-order valence-corrected chi connectivity index (χ4v) is 2.35. The quantitative estimate of drug-likeness (QED) is 0.711. The van der Waals surface area contributed by atoms with E-state index in [0.717, 1.165) is 18.8 Å². The molecular formula is C12H24O. The van der Waals surface area contributed by atoms with Crippen molar-refractivity contribution in [2.45, 2.75) is 70.8 Å². The number of aliphatic hydroxyl groups is 1. The molecule has 1 N–H and O–H groups in total. The predicted octanol–water partition coefficient (Wildman–Crippen LogP) is 3.51. The Morgan fingerprint density at radius 2 is 1.69 bits per heavy atom. The zero-order valence-corrected chi connectivity index (χ0v) is 8.97. The summed E-state index contributed by atoms with van der Waals surface area (Å²) in [6, 6.07) is 0. The fourth-order valence-electron chi connectivity index (χ4n) is 2.35. The largest absolute Gasteiger partial charge is 0.393 e. The van der Waals surface area contributed by atoms with E-state index in [1.54, 1.807) is 0 Å². The summed E-state index contributed by atoms with van der Waals surface area (Å²) in [5, 5.41) is 9.48. The van der Waals surface area contributed by atoms with E-state index >= 15 is 0 Å². The van der Waals surface area contributed by atoms with Crippen molar-refractivity contribution in [1.29, 1.82) is 0 Å². The van der Waals surface area contributed by atoms with Crippen LogP contribution in [0.15, 0.2) is 0 Å². The predicted molar refractivity (Wildman–Crippen MR) is 56.7 cm³/mol. The third-order valence-corrected chi connectivity index (χ3v) is 3.27. The topological polar surface area (TPSA) is 20.2 Å². The Hall–Kier alpha value is -0.0400. The number of aliphatic hydroxyl groups excluding tert-OH is 1. The SMILES string of the molecule is CCCCC1CCCC(O)CCC1. The van der Waals surface area contributed by atoms with Crippen LogP contribution >= 0.6 is 0 Å². The van der Waals surface area contributed by atoms with Gasteiger partial charge in [0.25, 0.3) is 0 Å². The number of hydrogen-bond acceptors (Lipinski definition) is 1. The van der Waals surface area contributed by atoms with Crippen molar-refractivity contribution >= 4 is 0 Å². The van der Waals surface area contributed by atoms with Gasteiger partial charge in [0.2, 0.25) is 0 Å². The zero-order valence-electron chi connectivity index (χ0n) is 8.97. The van der Waals surface area contributed by atoms with Gasteiger partial charge in [0, 0.05) is 0 Å². The van der Waals surface area contributed by atoms with E-state index in [0.29, 0.717) is 0 Å². The van der Waals surface area contributed by atoms with E-state index in [-0.39, 0.29) is 6.10 Å². The smallest absolute Gasteiger partial charge is 0.0540 e. The van der Waals surface area contributed by atoms with Crippen molar-refractivity contribution in [3.05, 3.63) is 0 Å². The van der Waals surface area contributed by atoms with Crippen molar-refractivity contribution in [3.63, 3.8) is 0 Å². The number of unbranched alkanes of at least 4 members (excludes halogenated alkanes) is 1. The van der Waals surface area contributed by atoms with E-state index in [1.807, 2.05) is 0 Å². The van der Waals surface area contributed by atoms with Gasteiger partial charge in [0.15, 0.2) is 0 Å². The standard InChI is InChI=1S/C12H24O/c1-2-3-6-11-7-4-9-12(13)10-5-8-11/h11-13H,2-10H2,1H3. The second kappa shape index (κ2) is 6.42. The Balaban J connectivity index is 2.16. The first-order valence-electron chi connectivity index (χ1n) is 6.01. The van der Waals surface area contributed by atoms with Gasteiger partial charge in [-0.3, -0.25) is 0 Å². The van der Waals surface area contributed by atoms with Crippen LogP contribution in [0.3, 0.4) is 0 Å². The molecule has 1 nitrogen and oxygen atoms in total. The van der Waals surface area contributed by atoms with Crippen LogP contribution in [0.5, 0.6) is 0 Å². The minimum atomic E-state index is 0.00660. The second-order valence-electron chi connectivity index (χ2n) is 4.52. The summed E-state index contributed by atoms with van der Waals surface area (Å²) in [5.74, 6) is 0.965. The molecule has 0 atom stereocenters. The highest BCUT2D eigenvalue weighted by molar-refractivity contribution is 4.67. The zero-order chi connectivity index (χ0) is 9.52. The molecule has 0 aliphatic heterocycles. The van der Waals surface area contributed by atoms with Gasteiger partial charge in [0.1, 0.15) is 0 Å². The van der Waals surface area contributed by atoms with Gasteiger partial charge < -0.3 is 5.11 Å². The van der Waals surface area contributed by atoms with Crippen molar-refractivity contribution < 1.29 is 5.11 Å². The summed E-state index contributed by atoms with van der Waals surface area (Å²) in [7, 11) is 0. The Labute approximate surface area is 82.5 Å². The molecule has 1 saturated carbocycles. The minimum Gasteiger partial charge on any atom is -0.393 e. The molecule has 1 aliphatic rings. The average molecular weight is 184 g/mol. The molecular weight excluding hydrogens is 160 g/mol. The van der Waals surface area contributed by atoms with Crippen LogP contribution < -0.4 is 0 Å². The molecule has 0 bridgehead atoms. The van der Waals surface area contributed by atoms with Crippen molar-refractivity contribution in [2.24, 2.45) is 5.92 Å². The molecule has 1 heteroatoms. The van der Waals surface area contributed by atoms with Crippen LogP contribution in [0.2, 0.25) is 0 Å². The van der Waals surface area contributed by atoms with E-state index in [1.165, 1.54) is 44.9 Å². The summed E-state index contributed by atoms with van der Waals surface area (Å²) in [5.41, 5.74) is 0. The van der Waals surface area contributed by atoms with Crippen LogP contribution in [-0.4, -0.2) is 11.2 Å². The maximum atomic E-state index is 9.48. The van der Waals surface area contributed by atoms with Gasteiger partial charge in [-0.05, 0) is 18.8 Å². The molecule has 0 radical (unpaired) electrons. The summed E-state index contributed by atoms with van der Waals surface area (Å²) in [6.07, 6.45) is 11.5. The summed E-state index contributed by atoms with van der Waals surface area (Å²) in [6.45, 7) is 2.27. The number of hydrogen-bond donors (Lipinski definition) is 1. The third-order valence-electron chi connectivity index (χ3n) is 3.27. The fraction of sp³-hybridized carbons (Fsp3) is 1.00. The van der Waals surface area contributed by atoms with Crippen molar-refractivity contribution in [2.75, 3.05) is 0 Å². The van der Waals surface area contributed by atoms with Crippen LogP contribution in [-0.2, 0) is 0 Å². The van der Waals surface area contributed by atoms with E-state index in [9.17, 15) is 5.11 Å². The Kier molecular flexibility index (Phi) is 5.45. The molecule has 78 valence electrons. The lowest BCUT2D eigenvalue weighted by atomic mass is 9.87. The molecule has 1 aliphatic carbocycles. The van der Waals surface area contributed by atoms with Gasteiger partial charge >= 0.3 is 0 Å². The molecule has 1 rings (SSSR count). The van der Waals surface area contributed by atoms with Gasteiger partial charge in [-0.2, -0.15) is 0 Å². The third kappa shape index (κ3) is 4.66. The molecule has 0 unspecified atom stereocenters. The molecule has 0 spiro atoms. The molecule has 0 heterocycles. The monoisotopic (exact) mass is 184 g/mol. The number of rotatable bonds is 3. The molecule has 0 amide bonds. The van der Waals surface area contributed by atoms with E-state index in [2.05, 4.69) is 6.92 Å². The van der Waals surface area contributed by atoms with Crippen LogP contribution in [0.25, 0.3) is 0 Å². The van der Waals surface area contributed by atoms with Gasteiger partial charge in [-0.15, -0.1) is 0 Å². The molecule has 0 aromatic rings. The highest BCUT2D eigenvalue weighted by Gasteiger charge is 2.14. The van der Waals surface area contributed by atoms with Crippen LogP contribution in [0.4, 0.5) is 0 Å². The highest BCUT2D eigenvalue weighted by Crippen LogP contribution is 2.26. The molecule has 13 heavy (non-hydrogen) atoms. The van der Waals surface area contributed by atoms with Gasteiger partial charge in [-0.25, -0.2) is 0 Å². The van der Waals surface area contributed by atoms with Gasteiger partial charge in [0.05, 0.1) is 6.10 Å². The molecule has 0 aromatic carbocycles. The normalized spacial score (nSPS) is 30.9. The summed E-state index contributed by atoms with van der Waals surface area (Å²) in [4.78, 5) is 0. The summed E-state index contributed by atoms with van der Waals surface area (Å²) < 4.78 is 0. The first-order valence-corrected chi connectivity index (χ1v) is 6.01. The molecule has 1 fully saturated rings. The van der Waals surface area contributed by atoms with Crippen LogP contribution in [0, 0.1) is 5.92 Å². The van der Waals surface area contributed by atoms with E-state index < -0.39 is 0 Å². The lowest BCUT2D eigenvalue weighted by Crippen LogP contribution is -2.12. The summed E-state index contributed by atoms with van der Waals surface area (Å²) >= 11 is 0. The maximum Gasteiger partial charge on any atom is 0.0540 e. The maximum absolute atomic E-state index is 9.48. The molecule has 0 aromatic heterocycles.